The zero-order valence-electron chi connectivity index (χ0n) is 12.5. The van der Waals surface area contributed by atoms with Gasteiger partial charge >= 0.3 is 6.18 Å². The van der Waals surface area contributed by atoms with Gasteiger partial charge in [0.05, 0.1) is 30.6 Å². The van der Waals surface area contributed by atoms with E-state index >= 15 is 0 Å². The van der Waals surface area contributed by atoms with E-state index in [0.29, 0.717) is 22.5 Å². The fraction of sp³-hybridized carbons (Fsp3) is 0.214. The summed E-state index contributed by atoms with van der Waals surface area (Å²) >= 11 is 0. The standard InChI is InChI=1S/C14H13F3N6O/c1-24-9-4-8(5-18-6-9)21-13-22-11-10(2-3-19-11)12(23-13)20-7-14(15,16)17/h2-6H,7H2,1H3,(H3,19,20,21,22,23). The lowest BCUT2D eigenvalue weighted by atomic mass is 10.3. The Morgan fingerprint density at radius 1 is 1.25 bits per heavy atom. The van der Waals surface area contributed by atoms with E-state index < -0.39 is 12.7 Å². The smallest absolute Gasteiger partial charge is 0.405 e. The molecule has 3 heterocycles. The summed E-state index contributed by atoms with van der Waals surface area (Å²) in [6.45, 7) is -1.19. The predicted molar refractivity (Wildman–Crippen MR) is 82.5 cm³/mol. The Hall–Kier alpha value is -3.04. The average molecular weight is 338 g/mol. The third kappa shape index (κ3) is 3.65. The Morgan fingerprint density at radius 2 is 2.08 bits per heavy atom. The first-order chi connectivity index (χ1) is 11.4. The number of hydrogen-bond acceptors (Lipinski definition) is 6. The van der Waals surface area contributed by atoms with Gasteiger partial charge in [-0.3, -0.25) is 4.98 Å². The second-order valence-electron chi connectivity index (χ2n) is 4.84. The maximum absolute atomic E-state index is 12.4. The minimum atomic E-state index is -4.35. The molecule has 10 heteroatoms. The number of ether oxygens (including phenoxy) is 1. The quantitative estimate of drug-likeness (QED) is 0.663. The van der Waals surface area contributed by atoms with E-state index in [0.717, 1.165) is 0 Å². The van der Waals surface area contributed by atoms with Crippen molar-refractivity contribution in [3.05, 3.63) is 30.7 Å². The Bertz CT molecular complexity index is 848. The van der Waals surface area contributed by atoms with Crippen molar-refractivity contribution in [3.63, 3.8) is 0 Å². The van der Waals surface area contributed by atoms with E-state index in [1.165, 1.54) is 19.5 Å². The van der Waals surface area contributed by atoms with Crippen molar-refractivity contribution >= 4 is 28.5 Å². The van der Waals surface area contributed by atoms with Crippen molar-refractivity contribution in [2.24, 2.45) is 0 Å². The molecule has 0 aromatic carbocycles. The number of alkyl halides is 3. The van der Waals surface area contributed by atoms with Crippen LogP contribution in [0.25, 0.3) is 11.0 Å². The van der Waals surface area contributed by atoms with Crippen LogP contribution in [0.1, 0.15) is 0 Å². The Labute approximate surface area is 134 Å². The van der Waals surface area contributed by atoms with Crippen LogP contribution in [-0.2, 0) is 0 Å². The minimum absolute atomic E-state index is 0.0805. The fourth-order valence-electron chi connectivity index (χ4n) is 2.04. The van der Waals surface area contributed by atoms with E-state index in [1.807, 2.05) is 0 Å². The number of fused-ring (bicyclic) bond motifs is 1. The van der Waals surface area contributed by atoms with Gasteiger partial charge in [-0.05, 0) is 6.07 Å². The normalized spacial score (nSPS) is 11.5. The van der Waals surface area contributed by atoms with Crippen molar-refractivity contribution in [2.45, 2.75) is 6.18 Å². The number of pyridine rings is 1. The van der Waals surface area contributed by atoms with Crippen molar-refractivity contribution in [1.82, 2.24) is 19.9 Å². The number of aromatic nitrogens is 4. The number of rotatable bonds is 5. The first kappa shape index (κ1) is 15.8. The van der Waals surface area contributed by atoms with E-state index in [2.05, 4.69) is 30.6 Å². The first-order valence-electron chi connectivity index (χ1n) is 6.86. The molecule has 3 rings (SSSR count). The van der Waals surface area contributed by atoms with Crippen LogP contribution in [0, 0.1) is 0 Å². The molecule has 0 aliphatic rings. The second-order valence-corrected chi connectivity index (χ2v) is 4.84. The molecular weight excluding hydrogens is 325 g/mol. The van der Waals surface area contributed by atoms with Crippen LogP contribution in [-0.4, -0.2) is 39.8 Å². The Kier molecular flexibility index (Phi) is 4.11. The molecule has 7 nitrogen and oxygen atoms in total. The van der Waals surface area contributed by atoms with Gasteiger partial charge in [-0.15, -0.1) is 0 Å². The molecule has 126 valence electrons. The van der Waals surface area contributed by atoms with Crippen LogP contribution in [0.4, 0.5) is 30.6 Å². The molecule has 0 bridgehead atoms. The highest BCUT2D eigenvalue weighted by molar-refractivity contribution is 5.88. The molecule has 0 saturated carbocycles. The summed E-state index contributed by atoms with van der Waals surface area (Å²) in [4.78, 5) is 15.2. The molecule has 0 aliphatic carbocycles. The monoisotopic (exact) mass is 338 g/mol. The molecule has 3 aromatic rings. The highest BCUT2D eigenvalue weighted by Crippen LogP contribution is 2.25. The van der Waals surface area contributed by atoms with Gasteiger partial charge in [-0.1, -0.05) is 0 Å². The van der Waals surface area contributed by atoms with Gasteiger partial charge in [0.15, 0.2) is 0 Å². The number of halogens is 3. The van der Waals surface area contributed by atoms with Gasteiger partial charge in [0.1, 0.15) is 23.8 Å². The largest absolute Gasteiger partial charge is 0.495 e. The minimum Gasteiger partial charge on any atom is -0.495 e. The van der Waals surface area contributed by atoms with E-state index in [9.17, 15) is 13.2 Å². The number of nitrogens with zero attached hydrogens (tertiary/aromatic N) is 3. The molecule has 0 spiro atoms. The molecule has 0 radical (unpaired) electrons. The summed E-state index contributed by atoms with van der Waals surface area (Å²) in [6.07, 6.45) is 0.275. The molecule has 0 amide bonds. The maximum Gasteiger partial charge on any atom is 0.405 e. The van der Waals surface area contributed by atoms with Gasteiger partial charge in [0, 0.05) is 12.3 Å². The molecule has 0 unspecified atom stereocenters. The van der Waals surface area contributed by atoms with Crippen molar-refractivity contribution in [3.8, 4) is 5.75 Å². The summed E-state index contributed by atoms with van der Waals surface area (Å²) in [5.74, 6) is 0.734. The topological polar surface area (TPSA) is 87.8 Å². The highest BCUT2D eigenvalue weighted by atomic mass is 19.4. The van der Waals surface area contributed by atoms with Gasteiger partial charge in [0.25, 0.3) is 0 Å². The van der Waals surface area contributed by atoms with Crippen LogP contribution in [0.15, 0.2) is 30.7 Å². The number of anilines is 3. The number of methoxy groups -OCH3 is 1. The van der Waals surface area contributed by atoms with E-state index in [-0.39, 0.29) is 11.8 Å². The number of H-pyrrole nitrogens is 1. The predicted octanol–water partition coefficient (Wildman–Crippen LogP) is 3.08. The van der Waals surface area contributed by atoms with E-state index in [1.54, 1.807) is 18.3 Å². The van der Waals surface area contributed by atoms with Gasteiger partial charge < -0.3 is 20.4 Å². The third-order valence-electron chi connectivity index (χ3n) is 3.08. The van der Waals surface area contributed by atoms with Crippen molar-refractivity contribution in [1.29, 1.82) is 0 Å². The van der Waals surface area contributed by atoms with Crippen LogP contribution in [0.5, 0.6) is 5.75 Å². The van der Waals surface area contributed by atoms with Crippen molar-refractivity contribution < 1.29 is 17.9 Å². The summed E-state index contributed by atoms with van der Waals surface area (Å²) in [5.41, 5.74) is 0.954. The van der Waals surface area contributed by atoms with E-state index in [4.69, 9.17) is 4.74 Å². The van der Waals surface area contributed by atoms with Gasteiger partial charge in [-0.2, -0.15) is 23.1 Å². The van der Waals surface area contributed by atoms with Crippen LogP contribution in [0.3, 0.4) is 0 Å². The van der Waals surface area contributed by atoms with Crippen molar-refractivity contribution in [2.75, 3.05) is 24.3 Å². The highest BCUT2D eigenvalue weighted by Gasteiger charge is 2.27. The first-order valence-corrected chi connectivity index (χ1v) is 6.86. The van der Waals surface area contributed by atoms with Crippen LogP contribution in [0.2, 0.25) is 0 Å². The fourth-order valence-corrected chi connectivity index (χ4v) is 2.04. The molecule has 0 saturated heterocycles. The Balaban J connectivity index is 1.90. The number of aromatic amines is 1. The molecule has 0 fully saturated rings. The summed E-state index contributed by atoms with van der Waals surface area (Å²) in [7, 11) is 1.50. The lowest BCUT2D eigenvalue weighted by Gasteiger charge is -2.12. The average Bonchev–Trinajstić information content (AvgIpc) is 3.00. The van der Waals surface area contributed by atoms with Gasteiger partial charge in [0.2, 0.25) is 5.95 Å². The van der Waals surface area contributed by atoms with Gasteiger partial charge in [-0.25, -0.2) is 0 Å². The number of hydrogen-bond donors (Lipinski definition) is 3. The molecule has 0 atom stereocenters. The molecule has 0 aliphatic heterocycles. The molecule has 3 aromatic heterocycles. The maximum atomic E-state index is 12.4. The second kappa shape index (κ2) is 6.22. The lowest BCUT2D eigenvalue weighted by Crippen LogP contribution is -2.22. The molecule has 3 N–H and O–H groups in total. The van der Waals surface area contributed by atoms with Crippen LogP contribution >= 0.6 is 0 Å². The SMILES string of the molecule is COc1cncc(Nc2nc(NCC(F)(F)F)c3cc[nH]c3n2)c1. The summed E-state index contributed by atoms with van der Waals surface area (Å²) in [6, 6.07) is 3.27. The molecular formula is C14H13F3N6O. The number of nitrogens with one attached hydrogen (secondary N) is 3. The molecule has 24 heavy (non-hydrogen) atoms. The lowest BCUT2D eigenvalue weighted by molar-refractivity contribution is -0.115. The Morgan fingerprint density at radius 3 is 2.83 bits per heavy atom. The summed E-state index contributed by atoms with van der Waals surface area (Å²) < 4.78 is 42.4. The van der Waals surface area contributed by atoms with Crippen LogP contribution < -0.4 is 15.4 Å². The summed E-state index contributed by atoms with van der Waals surface area (Å²) in [5, 5.41) is 5.64. The third-order valence-corrected chi connectivity index (χ3v) is 3.08. The zero-order valence-corrected chi connectivity index (χ0v) is 12.5. The zero-order chi connectivity index (χ0) is 17.2.